The fourth-order valence-corrected chi connectivity index (χ4v) is 3.04. The van der Waals surface area contributed by atoms with E-state index >= 15 is 0 Å². The number of hydrogen-bond acceptors (Lipinski definition) is 6. The lowest BCUT2D eigenvalue weighted by Gasteiger charge is -2.09. The molecule has 0 atom stereocenters. The third kappa shape index (κ3) is 5.30. The molecule has 118 valence electrons. The normalized spacial score (nSPS) is 12.2. The van der Waals surface area contributed by atoms with Gasteiger partial charge in [-0.25, -0.2) is 31.1 Å². The summed E-state index contributed by atoms with van der Waals surface area (Å²) in [6.07, 6.45) is 0.949. The molecule has 0 aliphatic carbocycles. The molecule has 9 nitrogen and oxygen atoms in total. The van der Waals surface area contributed by atoms with Crippen molar-refractivity contribution in [3.63, 3.8) is 0 Å². The van der Waals surface area contributed by atoms with Crippen LogP contribution in [0.4, 0.5) is 5.69 Å². The predicted octanol–water partition coefficient (Wildman–Crippen LogP) is -1.21. The monoisotopic (exact) mass is 337 g/mol. The Balaban J connectivity index is 2.81. The summed E-state index contributed by atoms with van der Waals surface area (Å²) >= 11 is 0. The highest BCUT2D eigenvalue weighted by molar-refractivity contribution is 7.89. The predicted molar refractivity (Wildman–Crippen MR) is 75.8 cm³/mol. The Morgan fingerprint density at radius 3 is 2.24 bits per heavy atom. The molecule has 0 saturated heterocycles. The number of carbonyl (C=O) groups is 1. The first-order valence-electron chi connectivity index (χ1n) is 5.60. The van der Waals surface area contributed by atoms with E-state index in [9.17, 15) is 21.6 Å². The molecule has 0 aliphatic rings. The molecular formula is C10H15N3O6S2. The number of benzene rings is 1. The van der Waals surface area contributed by atoms with Crippen molar-refractivity contribution in [2.75, 3.05) is 25.1 Å². The Labute approximate surface area is 122 Å². The second-order valence-corrected chi connectivity index (χ2v) is 7.69. The van der Waals surface area contributed by atoms with E-state index in [1.54, 1.807) is 0 Å². The Bertz CT molecular complexity index is 742. The van der Waals surface area contributed by atoms with Crippen LogP contribution >= 0.6 is 0 Å². The van der Waals surface area contributed by atoms with Crippen molar-refractivity contribution in [3.8, 4) is 0 Å². The summed E-state index contributed by atoms with van der Waals surface area (Å²) in [6, 6.07) is 3.22. The zero-order valence-electron chi connectivity index (χ0n) is 11.0. The largest absolute Gasteiger partial charge is 0.478 e. The van der Waals surface area contributed by atoms with Gasteiger partial charge in [0.15, 0.2) is 0 Å². The topological polar surface area (TPSA) is 156 Å². The Hall–Kier alpha value is -1.69. The molecule has 1 aromatic rings. The van der Waals surface area contributed by atoms with Gasteiger partial charge in [0.2, 0.25) is 20.0 Å². The second kappa shape index (κ2) is 6.39. The molecule has 0 aromatic heterocycles. The molecule has 0 bridgehead atoms. The minimum absolute atomic E-state index is 0.120. The zero-order valence-corrected chi connectivity index (χ0v) is 12.7. The number of carboxylic acids is 1. The van der Waals surface area contributed by atoms with E-state index in [0.717, 1.165) is 24.5 Å². The summed E-state index contributed by atoms with van der Waals surface area (Å²) in [4.78, 5) is 10.5. The van der Waals surface area contributed by atoms with Crippen LogP contribution in [-0.2, 0) is 20.0 Å². The van der Waals surface area contributed by atoms with E-state index < -0.39 is 26.0 Å². The number of carboxylic acid groups (broad SMARTS) is 1. The van der Waals surface area contributed by atoms with Crippen LogP contribution in [0.15, 0.2) is 23.1 Å². The number of aromatic carboxylic acids is 1. The zero-order chi connectivity index (χ0) is 16.3. The first kappa shape index (κ1) is 17.4. The maximum atomic E-state index is 11.9. The molecule has 0 aliphatic heterocycles. The van der Waals surface area contributed by atoms with Crippen molar-refractivity contribution < 1.29 is 26.7 Å². The minimum atomic E-state index is -3.95. The number of sulfonamides is 2. The third-order valence-electron chi connectivity index (χ3n) is 2.33. The third-order valence-corrected chi connectivity index (χ3v) is 4.59. The number of nitrogens with two attached hydrogens (primary N) is 1. The number of anilines is 1. The van der Waals surface area contributed by atoms with Crippen LogP contribution in [-0.4, -0.2) is 47.3 Å². The van der Waals surface area contributed by atoms with Crippen LogP contribution in [0.1, 0.15) is 10.4 Å². The van der Waals surface area contributed by atoms with Crippen LogP contribution in [0.2, 0.25) is 0 Å². The molecule has 0 spiro atoms. The van der Waals surface area contributed by atoms with Crippen molar-refractivity contribution in [1.82, 2.24) is 9.44 Å². The van der Waals surface area contributed by atoms with Crippen molar-refractivity contribution in [3.05, 3.63) is 23.8 Å². The highest BCUT2D eigenvalue weighted by atomic mass is 32.2. The van der Waals surface area contributed by atoms with Crippen LogP contribution in [0.5, 0.6) is 0 Å². The van der Waals surface area contributed by atoms with Crippen LogP contribution in [0.3, 0.4) is 0 Å². The van der Waals surface area contributed by atoms with Gasteiger partial charge in [0.05, 0.1) is 17.5 Å². The van der Waals surface area contributed by atoms with Gasteiger partial charge in [-0.1, -0.05) is 0 Å². The smallest absolute Gasteiger partial charge is 0.335 e. The number of nitrogen functional groups attached to an aromatic ring is 1. The van der Waals surface area contributed by atoms with Crippen LogP contribution in [0.25, 0.3) is 0 Å². The standard InChI is InChI=1S/C10H15N3O6S2/c1-20(16,17)12-4-5-13-21(18,19)9-3-2-7(10(14)15)6-8(9)11/h2-3,6,12-13H,4-5,11H2,1H3,(H,14,15). The van der Waals surface area contributed by atoms with Gasteiger partial charge in [-0.05, 0) is 18.2 Å². The van der Waals surface area contributed by atoms with Gasteiger partial charge in [-0.3, -0.25) is 0 Å². The van der Waals surface area contributed by atoms with E-state index in [2.05, 4.69) is 9.44 Å². The van der Waals surface area contributed by atoms with Crippen molar-refractivity contribution >= 4 is 31.7 Å². The first-order chi connectivity index (χ1) is 9.53. The summed E-state index contributed by atoms with van der Waals surface area (Å²) in [5.74, 6) is -1.23. The molecular weight excluding hydrogens is 322 g/mol. The van der Waals surface area contributed by atoms with Gasteiger partial charge in [-0.15, -0.1) is 0 Å². The second-order valence-electron chi connectivity index (χ2n) is 4.12. The minimum Gasteiger partial charge on any atom is -0.478 e. The Morgan fingerprint density at radius 2 is 1.76 bits per heavy atom. The SMILES string of the molecule is CS(=O)(=O)NCCNS(=O)(=O)c1ccc(C(=O)O)cc1N. The first-order valence-corrected chi connectivity index (χ1v) is 8.97. The van der Waals surface area contributed by atoms with Gasteiger partial charge in [0.25, 0.3) is 0 Å². The van der Waals surface area contributed by atoms with Crippen molar-refractivity contribution in [2.45, 2.75) is 4.90 Å². The van der Waals surface area contributed by atoms with E-state index in [4.69, 9.17) is 10.8 Å². The van der Waals surface area contributed by atoms with E-state index in [-0.39, 0.29) is 29.2 Å². The summed E-state index contributed by atoms with van der Waals surface area (Å²) in [7, 11) is -7.36. The van der Waals surface area contributed by atoms with Crippen molar-refractivity contribution in [1.29, 1.82) is 0 Å². The molecule has 5 N–H and O–H groups in total. The van der Waals surface area contributed by atoms with Crippen LogP contribution in [0, 0.1) is 0 Å². The average Bonchev–Trinajstić information content (AvgIpc) is 2.33. The molecule has 0 heterocycles. The summed E-state index contributed by atoms with van der Waals surface area (Å²) in [6.45, 7) is -0.291. The lowest BCUT2D eigenvalue weighted by molar-refractivity contribution is 0.0697. The molecule has 0 radical (unpaired) electrons. The molecule has 21 heavy (non-hydrogen) atoms. The lowest BCUT2D eigenvalue weighted by atomic mass is 10.2. The lowest BCUT2D eigenvalue weighted by Crippen LogP contribution is -2.34. The average molecular weight is 337 g/mol. The maximum absolute atomic E-state index is 11.9. The quantitative estimate of drug-likeness (QED) is 0.359. The Morgan fingerprint density at radius 1 is 1.19 bits per heavy atom. The summed E-state index contributed by atoms with van der Waals surface area (Å²) in [5.41, 5.74) is 5.18. The number of nitrogens with one attached hydrogen (secondary N) is 2. The highest BCUT2D eigenvalue weighted by Gasteiger charge is 2.18. The molecule has 0 amide bonds. The van der Waals surface area contributed by atoms with E-state index in [0.29, 0.717) is 0 Å². The molecule has 0 fully saturated rings. The van der Waals surface area contributed by atoms with Crippen molar-refractivity contribution in [2.24, 2.45) is 0 Å². The fourth-order valence-electron chi connectivity index (χ4n) is 1.43. The molecule has 1 rings (SSSR count). The van der Waals surface area contributed by atoms with Crippen LogP contribution < -0.4 is 15.2 Å². The van der Waals surface area contributed by atoms with E-state index in [1.807, 2.05) is 0 Å². The molecule has 1 aromatic carbocycles. The summed E-state index contributed by atoms with van der Waals surface area (Å²) < 4.78 is 49.8. The van der Waals surface area contributed by atoms with Gasteiger partial charge in [-0.2, -0.15) is 0 Å². The summed E-state index contributed by atoms with van der Waals surface area (Å²) in [5, 5.41) is 8.77. The highest BCUT2D eigenvalue weighted by Crippen LogP contribution is 2.19. The molecule has 0 saturated carbocycles. The fraction of sp³-hybridized carbons (Fsp3) is 0.300. The Kier molecular flexibility index (Phi) is 5.28. The van der Waals surface area contributed by atoms with Gasteiger partial charge < -0.3 is 10.8 Å². The van der Waals surface area contributed by atoms with Gasteiger partial charge in [0.1, 0.15) is 4.90 Å². The maximum Gasteiger partial charge on any atom is 0.335 e. The molecule has 11 heteroatoms. The van der Waals surface area contributed by atoms with Gasteiger partial charge in [0, 0.05) is 13.1 Å². The number of hydrogen-bond donors (Lipinski definition) is 4. The number of rotatable bonds is 7. The molecule has 0 unspecified atom stereocenters. The van der Waals surface area contributed by atoms with Gasteiger partial charge >= 0.3 is 5.97 Å². The van der Waals surface area contributed by atoms with E-state index in [1.165, 1.54) is 0 Å².